The third-order valence-electron chi connectivity index (χ3n) is 1.87. The highest BCUT2D eigenvalue weighted by Gasteiger charge is 2.05. The molecule has 0 aliphatic carbocycles. The number of halogens is 2. The predicted molar refractivity (Wildman–Crippen MR) is 54.4 cm³/mol. The van der Waals surface area contributed by atoms with Gasteiger partial charge >= 0.3 is 0 Å². The third-order valence-corrected chi connectivity index (χ3v) is 2.43. The summed E-state index contributed by atoms with van der Waals surface area (Å²) >= 11 is 3.29. The van der Waals surface area contributed by atoms with Crippen molar-refractivity contribution in [2.75, 3.05) is 5.33 Å². The van der Waals surface area contributed by atoms with Crippen LogP contribution in [0.2, 0.25) is 0 Å². The van der Waals surface area contributed by atoms with Crippen molar-refractivity contribution < 1.29 is 9.50 Å². The molecule has 0 spiro atoms. The quantitative estimate of drug-likeness (QED) is 0.811. The maximum absolute atomic E-state index is 12.5. The van der Waals surface area contributed by atoms with Gasteiger partial charge in [-0.2, -0.15) is 0 Å². The van der Waals surface area contributed by atoms with Crippen molar-refractivity contribution in [1.29, 1.82) is 0 Å². The van der Waals surface area contributed by atoms with E-state index in [9.17, 15) is 9.50 Å². The minimum Gasteiger partial charge on any atom is -0.388 e. The van der Waals surface area contributed by atoms with Crippen molar-refractivity contribution in [3.05, 3.63) is 35.6 Å². The minimum absolute atomic E-state index is 0.267. The number of alkyl halides is 1. The van der Waals surface area contributed by atoms with Gasteiger partial charge in [0.05, 0.1) is 6.10 Å². The summed E-state index contributed by atoms with van der Waals surface area (Å²) in [7, 11) is 0. The first kappa shape index (κ1) is 10.7. The van der Waals surface area contributed by atoms with Gasteiger partial charge in [0.15, 0.2) is 0 Å². The van der Waals surface area contributed by atoms with Gasteiger partial charge in [0.2, 0.25) is 0 Å². The Morgan fingerprint density at radius 3 is 2.46 bits per heavy atom. The molecule has 72 valence electrons. The molecule has 0 radical (unpaired) electrons. The Morgan fingerprint density at radius 2 is 1.92 bits per heavy atom. The summed E-state index contributed by atoms with van der Waals surface area (Å²) in [6.07, 6.45) is 1.15. The number of aliphatic hydroxyl groups excluding tert-OH is 1. The summed E-state index contributed by atoms with van der Waals surface area (Å²) < 4.78 is 12.5. The molecule has 0 saturated carbocycles. The summed E-state index contributed by atoms with van der Waals surface area (Å²) in [6.45, 7) is 0. The van der Waals surface area contributed by atoms with E-state index >= 15 is 0 Å². The van der Waals surface area contributed by atoms with Gasteiger partial charge in [0, 0.05) is 5.33 Å². The molecule has 1 aromatic carbocycles. The molecule has 1 atom stereocenters. The van der Waals surface area contributed by atoms with Crippen molar-refractivity contribution in [2.45, 2.75) is 18.9 Å². The molecule has 0 unspecified atom stereocenters. The first-order valence-corrected chi connectivity index (χ1v) is 5.35. The van der Waals surface area contributed by atoms with Crippen LogP contribution >= 0.6 is 15.9 Å². The molecule has 1 aromatic rings. The second-order valence-electron chi connectivity index (χ2n) is 2.90. The molecule has 0 aliphatic rings. The Labute approximate surface area is 85.7 Å². The van der Waals surface area contributed by atoms with Gasteiger partial charge in [0.1, 0.15) is 5.82 Å². The lowest BCUT2D eigenvalue weighted by Gasteiger charge is -2.09. The summed E-state index contributed by atoms with van der Waals surface area (Å²) in [6, 6.07) is 5.97. The highest BCUT2D eigenvalue weighted by atomic mass is 79.9. The van der Waals surface area contributed by atoms with E-state index in [2.05, 4.69) is 15.9 Å². The zero-order chi connectivity index (χ0) is 9.68. The molecule has 0 amide bonds. The van der Waals surface area contributed by atoms with Crippen LogP contribution < -0.4 is 0 Å². The normalized spacial score (nSPS) is 12.8. The van der Waals surface area contributed by atoms with E-state index in [1.807, 2.05) is 0 Å². The van der Waals surface area contributed by atoms with Gasteiger partial charge in [-0.25, -0.2) is 4.39 Å². The van der Waals surface area contributed by atoms with Crippen molar-refractivity contribution in [1.82, 2.24) is 0 Å². The van der Waals surface area contributed by atoms with Crippen LogP contribution in [0, 0.1) is 5.82 Å². The highest BCUT2D eigenvalue weighted by Crippen LogP contribution is 2.18. The Hall–Kier alpha value is -0.410. The zero-order valence-corrected chi connectivity index (χ0v) is 8.80. The van der Waals surface area contributed by atoms with Crippen molar-refractivity contribution >= 4 is 15.9 Å². The fourth-order valence-electron chi connectivity index (χ4n) is 1.12. The minimum atomic E-state index is -0.474. The van der Waals surface area contributed by atoms with E-state index in [0.29, 0.717) is 6.42 Å². The predicted octanol–water partition coefficient (Wildman–Crippen LogP) is 3.03. The van der Waals surface area contributed by atoms with E-state index in [-0.39, 0.29) is 5.82 Å². The molecule has 1 N–H and O–H groups in total. The number of rotatable bonds is 4. The largest absolute Gasteiger partial charge is 0.388 e. The third kappa shape index (κ3) is 3.44. The molecule has 0 aliphatic heterocycles. The van der Waals surface area contributed by atoms with Crippen LogP contribution in [0.3, 0.4) is 0 Å². The monoisotopic (exact) mass is 246 g/mol. The Balaban J connectivity index is 2.55. The van der Waals surface area contributed by atoms with Crippen molar-refractivity contribution in [2.24, 2.45) is 0 Å². The Bertz CT molecular complexity index is 248. The lowest BCUT2D eigenvalue weighted by atomic mass is 10.1. The van der Waals surface area contributed by atoms with E-state index in [1.54, 1.807) is 12.1 Å². The molecule has 3 heteroatoms. The molecule has 0 bridgehead atoms. The van der Waals surface area contributed by atoms with Crippen molar-refractivity contribution in [3.63, 3.8) is 0 Å². The van der Waals surface area contributed by atoms with Gasteiger partial charge in [-0.15, -0.1) is 0 Å². The smallest absolute Gasteiger partial charge is 0.123 e. The SMILES string of the molecule is O[C@H](CCCBr)c1ccc(F)cc1. The molecular weight excluding hydrogens is 235 g/mol. The standard InChI is InChI=1S/C10H12BrFO/c11-7-1-2-10(13)8-3-5-9(12)6-4-8/h3-6,10,13H,1-2,7H2/t10-/m1/s1. The fourth-order valence-corrected chi connectivity index (χ4v) is 1.45. The van der Waals surface area contributed by atoms with E-state index < -0.39 is 6.10 Å². The van der Waals surface area contributed by atoms with E-state index in [4.69, 9.17) is 0 Å². The van der Waals surface area contributed by atoms with Gasteiger partial charge in [-0.05, 0) is 30.5 Å². The molecule has 0 fully saturated rings. The lowest BCUT2D eigenvalue weighted by molar-refractivity contribution is 0.167. The zero-order valence-electron chi connectivity index (χ0n) is 7.21. The van der Waals surface area contributed by atoms with E-state index in [1.165, 1.54) is 12.1 Å². The summed E-state index contributed by atoms with van der Waals surface area (Å²) in [5.41, 5.74) is 0.780. The summed E-state index contributed by atoms with van der Waals surface area (Å²) in [5, 5.41) is 10.5. The van der Waals surface area contributed by atoms with Crippen LogP contribution in [0.15, 0.2) is 24.3 Å². The lowest BCUT2D eigenvalue weighted by Crippen LogP contribution is -1.97. The van der Waals surface area contributed by atoms with Crippen LogP contribution in [0.1, 0.15) is 24.5 Å². The Morgan fingerprint density at radius 1 is 1.31 bits per heavy atom. The van der Waals surface area contributed by atoms with Crippen LogP contribution in [-0.4, -0.2) is 10.4 Å². The van der Waals surface area contributed by atoms with Gasteiger partial charge < -0.3 is 5.11 Å². The number of benzene rings is 1. The van der Waals surface area contributed by atoms with Gasteiger partial charge in [-0.3, -0.25) is 0 Å². The molecule has 0 aromatic heterocycles. The highest BCUT2D eigenvalue weighted by molar-refractivity contribution is 9.09. The number of aliphatic hydroxyl groups is 1. The topological polar surface area (TPSA) is 20.2 Å². The average molecular weight is 247 g/mol. The molecule has 0 saturated heterocycles. The van der Waals surface area contributed by atoms with E-state index in [0.717, 1.165) is 17.3 Å². The van der Waals surface area contributed by atoms with Crippen LogP contribution in [0.25, 0.3) is 0 Å². The molecule has 0 heterocycles. The van der Waals surface area contributed by atoms with Crippen LogP contribution in [0.5, 0.6) is 0 Å². The fraction of sp³-hybridized carbons (Fsp3) is 0.400. The summed E-state index contributed by atoms with van der Waals surface area (Å²) in [5.74, 6) is -0.267. The maximum Gasteiger partial charge on any atom is 0.123 e. The molecule has 1 rings (SSSR count). The molecular formula is C10H12BrFO. The second kappa shape index (κ2) is 5.35. The van der Waals surface area contributed by atoms with Crippen LogP contribution in [0.4, 0.5) is 4.39 Å². The van der Waals surface area contributed by atoms with Crippen LogP contribution in [-0.2, 0) is 0 Å². The van der Waals surface area contributed by atoms with Gasteiger partial charge in [-0.1, -0.05) is 28.1 Å². The average Bonchev–Trinajstić information content (AvgIpc) is 2.15. The first-order valence-electron chi connectivity index (χ1n) is 4.23. The summed E-state index contributed by atoms with van der Waals surface area (Å²) in [4.78, 5) is 0. The molecule has 1 nitrogen and oxygen atoms in total. The maximum atomic E-state index is 12.5. The molecule has 13 heavy (non-hydrogen) atoms. The second-order valence-corrected chi connectivity index (χ2v) is 3.69. The van der Waals surface area contributed by atoms with Gasteiger partial charge in [0.25, 0.3) is 0 Å². The Kier molecular flexibility index (Phi) is 4.39. The van der Waals surface area contributed by atoms with Crippen molar-refractivity contribution in [3.8, 4) is 0 Å². The first-order chi connectivity index (χ1) is 6.24. The number of hydrogen-bond acceptors (Lipinski definition) is 1. The number of hydrogen-bond donors (Lipinski definition) is 1.